The summed E-state index contributed by atoms with van der Waals surface area (Å²) in [6, 6.07) is 9.38. The second kappa shape index (κ2) is 8.68. The van der Waals surface area contributed by atoms with Crippen molar-refractivity contribution >= 4 is 53.1 Å². The van der Waals surface area contributed by atoms with Crippen LogP contribution in [-0.2, 0) is 10.4 Å². The van der Waals surface area contributed by atoms with Gasteiger partial charge in [-0.2, -0.15) is 0 Å². The second-order valence-corrected chi connectivity index (χ2v) is 7.03. The summed E-state index contributed by atoms with van der Waals surface area (Å²) in [5.74, 6) is -1.25. The molecule has 2 aromatic carbocycles. The van der Waals surface area contributed by atoms with E-state index < -0.39 is 17.4 Å². The predicted octanol–water partition coefficient (Wildman–Crippen LogP) is 2.71. The molecule has 0 fully saturated rings. The van der Waals surface area contributed by atoms with E-state index in [0.29, 0.717) is 12.2 Å². The van der Waals surface area contributed by atoms with E-state index in [2.05, 4.69) is 5.32 Å². The molecule has 4 N–H and O–H groups in total. The van der Waals surface area contributed by atoms with E-state index in [4.69, 9.17) is 28.9 Å². The maximum Gasteiger partial charge on any atom is 0.268 e. The quantitative estimate of drug-likeness (QED) is 0.597. The molecular formula is C19H20Cl3N3O3. The summed E-state index contributed by atoms with van der Waals surface area (Å²) in [5.41, 5.74) is 4.27. The summed E-state index contributed by atoms with van der Waals surface area (Å²) in [6.07, 6.45) is 0. The Morgan fingerprint density at radius 3 is 2.54 bits per heavy atom. The van der Waals surface area contributed by atoms with Crippen molar-refractivity contribution in [1.82, 2.24) is 5.32 Å². The lowest BCUT2D eigenvalue weighted by atomic mass is 9.87. The van der Waals surface area contributed by atoms with E-state index in [1.54, 1.807) is 24.3 Å². The van der Waals surface area contributed by atoms with E-state index >= 15 is 0 Å². The largest absolute Gasteiger partial charge is 0.372 e. The van der Waals surface area contributed by atoms with E-state index in [1.807, 2.05) is 6.92 Å². The Morgan fingerprint density at radius 2 is 1.93 bits per heavy atom. The number of halogens is 3. The molecule has 0 aromatic heterocycles. The highest BCUT2D eigenvalue weighted by atomic mass is 35.5. The van der Waals surface area contributed by atoms with Gasteiger partial charge >= 0.3 is 0 Å². The lowest BCUT2D eigenvalue weighted by molar-refractivity contribution is -0.132. The Balaban J connectivity index is 0.00000280. The Hall–Kier alpha value is -1.83. The fourth-order valence-corrected chi connectivity index (χ4v) is 3.93. The molecule has 0 saturated carbocycles. The topological polar surface area (TPSA) is 95.7 Å². The van der Waals surface area contributed by atoms with Crippen molar-refractivity contribution in [2.45, 2.75) is 12.5 Å². The van der Waals surface area contributed by atoms with Gasteiger partial charge in [0, 0.05) is 34.8 Å². The lowest BCUT2D eigenvalue weighted by Crippen LogP contribution is -2.43. The normalized spacial score (nSPS) is 18.0. The molecule has 0 bridgehead atoms. The van der Waals surface area contributed by atoms with Crippen LogP contribution in [0.25, 0.3) is 0 Å². The van der Waals surface area contributed by atoms with Crippen LogP contribution in [-0.4, -0.2) is 36.6 Å². The molecule has 2 aromatic rings. The number of hydrogen-bond acceptors (Lipinski definition) is 4. The summed E-state index contributed by atoms with van der Waals surface area (Å²) in [4.78, 5) is 26.3. The van der Waals surface area contributed by atoms with Crippen molar-refractivity contribution in [2.75, 3.05) is 24.5 Å². The van der Waals surface area contributed by atoms with Gasteiger partial charge in [-0.3, -0.25) is 9.59 Å². The molecule has 0 radical (unpaired) electrons. The molecule has 3 rings (SSSR count). The highest BCUT2D eigenvalue weighted by molar-refractivity contribution is 6.35. The summed E-state index contributed by atoms with van der Waals surface area (Å²) in [6.45, 7) is 3.46. The number of hydrogen-bond donors (Lipinski definition) is 3. The summed E-state index contributed by atoms with van der Waals surface area (Å²) >= 11 is 12.7. The van der Waals surface area contributed by atoms with Gasteiger partial charge in [0.15, 0.2) is 5.60 Å². The molecule has 1 atom stereocenters. The van der Waals surface area contributed by atoms with Crippen LogP contribution in [0.4, 0.5) is 5.69 Å². The van der Waals surface area contributed by atoms with E-state index in [0.717, 1.165) is 6.54 Å². The van der Waals surface area contributed by atoms with Gasteiger partial charge in [-0.25, -0.2) is 0 Å². The van der Waals surface area contributed by atoms with Crippen LogP contribution in [0.5, 0.6) is 0 Å². The fraction of sp³-hybridized carbons (Fsp3) is 0.263. The van der Waals surface area contributed by atoms with Gasteiger partial charge in [-0.15, -0.1) is 12.4 Å². The average Bonchev–Trinajstić information content (AvgIpc) is 2.85. The van der Waals surface area contributed by atoms with Crippen molar-refractivity contribution < 1.29 is 14.7 Å². The first kappa shape index (κ1) is 22.5. The maximum atomic E-state index is 13.3. The maximum absolute atomic E-state index is 13.3. The van der Waals surface area contributed by atoms with Crippen LogP contribution in [0.15, 0.2) is 36.4 Å². The number of rotatable bonds is 6. The molecule has 1 unspecified atom stereocenters. The third kappa shape index (κ3) is 3.58. The van der Waals surface area contributed by atoms with Crippen molar-refractivity contribution in [2.24, 2.45) is 5.73 Å². The number of fused-ring (bicyclic) bond motifs is 1. The van der Waals surface area contributed by atoms with Gasteiger partial charge < -0.3 is 21.1 Å². The van der Waals surface area contributed by atoms with Gasteiger partial charge in [-0.1, -0.05) is 48.3 Å². The van der Waals surface area contributed by atoms with Crippen molar-refractivity contribution in [3.8, 4) is 0 Å². The molecule has 1 aliphatic heterocycles. The smallest absolute Gasteiger partial charge is 0.268 e. The number of likely N-dealkylation sites (N-methyl/N-ethyl adjacent to an activating group) is 1. The number of nitrogens with two attached hydrogens (primary N) is 1. The predicted molar refractivity (Wildman–Crippen MR) is 113 cm³/mol. The monoisotopic (exact) mass is 443 g/mol. The molecule has 28 heavy (non-hydrogen) atoms. The molecular weight excluding hydrogens is 425 g/mol. The minimum Gasteiger partial charge on any atom is -0.372 e. The molecule has 0 aliphatic carbocycles. The van der Waals surface area contributed by atoms with E-state index in [1.165, 1.54) is 17.0 Å². The van der Waals surface area contributed by atoms with Crippen LogP contribution in [0.3, 0.4) is 0 Å². The molecule has 0 saturated heterocycles. The SMILES string of the molecule is CCNCCN1C(=O)C(O)(c2ccccc2Cl)c2c(Cl)cc(C(N)=O)cc21.Cl. The Morgan fingerprint density at radius 1 is 1.25 bits per heavy atom. The number of nitrogens with one attached hydrogen (secondary N) is 1. The minimum absolute atomic E-state index is 0. The van der Waals surface area contributed by atoms with Crippen molar-refractivity contribution in [3.05, 3.63) is 63.1 Å². The zero-order chi connectivity index (χ0) is 19.8. The number of carbonyl (C=O) groups is 2. The van der Waals surface area contributed by atoms with Crippen LogP contribution in [0.1, 0.15) is 28.4 Å². The molecule has 1 heterocycles. The zero-order valence-corrected chi connectivity index (χ0v) is 17.4. The first-order valence-electron chi connectivity index (χ1n) is 8.46. The minimum atomic E-state index is -2.05. The van der Waals surface area contributed by atoms with Crippen LogP contribution < -0.4 is 16.0 Å². The lowest BCUT2D eigenvalue weighted by Gasteiger charge is -2.25. The summed E-state index contributed by atoms with van der Waals surface area (Å²) < 4.78 is 0. The van der Waals surface area contributed by atoms with Gasteiger partial charge in [-0.05, 0) is 24.7 Å². The molecule has 2 amide bonds. The van der Waals surface area contributed by atoms with Crippen LogP contribution in [0.2, 0.25) is 10.0 Å². The highest BCUT2D eigenvalue weighted by Crippen LogP contribution is 2.49. The van der Waals surface area contributed by atoms with Gasteiger partial charge in [0.1, 0.15) is 0 Å². The van der Waals surface area contributed by atoms with E-state index in [9.17, 15) is 14.7 Å². The first-order valence-corrected chi connectivity index (χ1v) is 9.21. The summed E-state index contributed by atoms with van der Waals surface area (Å²) in [5, 5.41) is 14.9. The molecule has 9 heteroatoms. The number of anilines is 1. The molecule has 0 spiro atoms. The van der Waals surface area contributed by atoms with Crippen molar-refractivity contribution in [1.29, 1.82) is 0 Å². The number of benzene rings is 2. The van der Waals surface area contributed by atoms with Crippen molar-refractivity contribution in [3.63, 3.8) is 0 Å². The third-order valence-electron chi connectivity index (χ3n) is 4.59. The number of amides is 2. The van der Waals surface area contributed by atoms with Gasteiger partial charge in [0.05, 0.1) is 10.7 Å². The summed E-state index contributed by atoms with van der Waals surface area (Å²) in [7, 11) is 0. The van der Waals surface area contributed by atoms with E-state index in [-0.39, 0.29) is 45.7 Å². The number of nitrogens with zero attached hydrogens (tertiary/aromatic N) is 1. The average molecular weight is 445 g/mol. The van der Waals surface area contributed by atoms with Crippen LogP contribution in [0, 0.1) is 0 Å². The first-order chi connectivity index (χ1) is 12.8. The highest BCUT2D eigenvalue weighted by Gasteiger charge is 2.53. The molecule has 150 valence electrons. The van der Waals surface area contributed by atoms with Gasteiger partial charge in [0.2, 0.25) is 5.91 Å². The second-order valence-electron chi connectivity index (χ2n) is 6.22. The Kier molecular flexibility index (Phi) is 6.96. The third-order valence-corrected chi connectivity index (χ3v) is 5.21. The molecule has 1 aliphatic rings. The number of carbonyl (C=O) groups excluding carboxylic acids is 2. The Bertz CT molecular complexity index is 923. The van der Waals surface area contributed by atoms with Crippen LogP contribution >= 0.6 is 35.6 Å². The standard InChI is InChI=1S/C19H19Cl2N3O3.ClH/c1-2-23-7-8-24-15-10-11(17(22)25)9-14(21)16(15)19(27,18(24)26)12-5-3-4-6-13(12)20;/h3-6,9-10,23,27H,2,7-8H2,1H3,(H2,22,25);1H. The Labute approximate surface area is 179 Å². The fourth-order valence-electron chi connectivity index (χ4n) is 3.31. The van der Waals surface area contributed by atoms with Gasteiger partial charge in [0.25, 0.3) is 5.91 Å². The number of primary amides is 1. The molecule has 6 nitrogen and oxygen atoms in total. The number of aliphatic hydroxyl groups is 1. The zero-order valence-electron chi connectivity index (χ0n) is 15.0.